The number of benzene rings is 1. The van der Waals surface area contributed by atoms with Crippen LogP contribution in [0, 0.1) is 0 Å². The van der Waals surface area contributed by atoms with Crippen LogP contribution in [-0.4, -0.2) is 58.9 Å². The van der Waals surface area contributed by atoms with Crippen molar-refractivity contribution in [2.24, 2.45) is 0 Å². The van der Waals surface area contributed by atoms with Gasteiger partial charge in [0.1, 0.15) is 11.6 Å². The summed E-state index contributed by atoms with van der Waals surface area (Å²) in [5.74, 6) is -1.07. The molecule has 0 saturated carbocycles. The van der Waals surface area contributed by atoms with Gasteiger partial charge in [-0.15, -0.1) is 0 Å². The van der Waals surface area contributed by atoms with Gasteiger partial charge in [0.25, 0.3) is 0 Å². The molecule has 0 radical (unpaired) electrons. The largest absolute Gasteiger partial charge is 0.480 e. The molecule has 1 aromatic carbocycles. The van der Waals surface area contributed by atoms with Crippen molar-refractivity contribution in [3.05, 3.63) is 33.8 Å². The van der Waals surface area contributed by atoms with Gasteiger partial charge in [-0.05, 0) is 26.8 Å². The van der Waals surface area contributed by atoms with Crippen LogP contribution in [0.2, 0.25) is 10.0 Å². The number of rotatable bonds is 4. The second-order valence-corrected chi connectivity index (χ2v) is 7.78. The van der Waals surface area contributed by atoms with Crippen molar-refractivity contribution in [1.29, 1.82) is 0 Å². The lowest BCUT2D eigenvalue weighted by molar-refractivity contribution is -0.141. The maximum absolute atomic E-state index is 12.1. The maximum atomic E-state index is 12.1. The van der Waals surface area contributed by atoms with Gasteiger partial charge in [0.15, 0.2) is 0 Å². The predicted octanol–water partition coefficient (Wildman–Crippen LogP) is 3.18. The van der Waals surface area contributed by atoms with Gasteiger partial charge in [-0.3, -0.25) is 4.79 Å². The van der Waals surface area contributed by atoms with Crippen LogP contribution >= 0.6 is 23.2 Å². The number of nitrogens with one attached hydrogen (secondary N) is 1. The van der Waals surface area contributed by atoms with Crippen molar-refractivity contribution >= 4 is 35.3 Å². The van der Waals surface area contributed by atoms with E-state index in [0.717, 1.165) is 0 Å². The number of hydrogen-bond donors (Lipinski definition) is 2. The van der Waals surface area contributed by atoms with Crippen LogP contribution in [0.1, 0.15) is 32.4 Å². The lowest BCUT2D eigenvalue weighted by Crippen LogP contribution is -2.55. The van der Waals surface area contributed by atoms with E-state index in [4.69, 9.17) is 27.9 Å². The number of carbonyl (C=O) groups excluding carboxylic acids is 1. The fraction of sp³-hybridized carbons (Fsp3) is 0.529. The average molecular weight is 404 g/mol. The summed E-state index contributed by atoms with van der Waals surface area (Å²) < 4.78 is 5.35. The summed E-state index contributed by atoms with van der Waals surface area (Å²) in [5, 5.41) is 11.8. The molecule has 1 unspecified atom stereocenters. The first-order valence-corrected chi connectivity index (χ1v) is 9.00. The Labute approximate surface area is 162 Å². The van der Waals surface area contributed by atoms with Gasteiger partial charge < -0.3 is 14.7 Å². The highest BCUT2D eigenvalue weighted by molar-refractivity contribution is 6.42. The molecule has 9 heteroatoms. The summed E-state index contributed by atoms with van der Waals surface area (Å²) in [6, 6.07) is 3.85. The van der Waals surface area contributed by atoms with E-state index < -0.39 is 17.6 Å². The third-order valence-electron chi connectivity index (χ3n) is 3.78. The van der Waals surface area contributed by atoms with Gasteiger partial charge in [-0.2, -0.15) is 0 Å². The molecule has 1 saturated heterocycles. The van der Waals surface area contributed by atoms with E-state index in [0.29, 0.717) is 36.8 Å². The molecular weight excluding hydrogens is 381 g/mol. The number of nitrogens with zero attached hydrogens (tertiary/aromatic N) is 2. The minimum atomic E-state index is -1.07. The second-order valence-electron chi connectivity index (χ2n) is 7.00. The van der Waals surface area contributed by atoms with Crippen molar-refractivity contribution in [2.75, 3.05) is 26.2 Å². The van der Waals surface area contributed by atoms with Crippen LogP contribution in [0.25, 0.3) is 0 Å². The van der Waals surface area contributed by atoms with E-state index in [-0.39, 0.29) is 11.1 Å². The number of piperazine rings is 1. The number of hydrazine groups is 1. The van der Waals surface area contributed by atoms with Gasteiger partial charge in [0.05, 0.1) is 10.0 Å². The van der Waals surface area contributed by atoms with Gasteiger partial charge in [0, 0.05) is 31.7 Å². The van der Waals surface area contributed by atoms with Crippen molar-refractivity contribution in [3.8, 4) is 0 Å². The standard InChI is InChI=1S/C17H23Cl2N3O4/c1-17(2,3)26-16(25)21-7-9-22(10-8-21)20-14(15(23)24)11-5-4-6-12(18)13(11)19/h4-6,14,20H,7-10H2,1-3H3,(H,23,24). The molecule has 1 aromatic rings. The molecule has 1 heterocycles. The van der Waals surface area contributed by atoms with Crippen LogP contribution < -0.4 is 5.43 Å². The van der Waals surface area contributed by atoms with Crippen LogP contribution in [0.5, 0.6) is 0 Å². The van der Waals surface area contributed by atoms with Crippen LogP contribution in [0.3, 0.4) is 0 Å². The minimum absolute atomic E-state index is 0.210. The van der Waals surface area contributed by atoms with E-state index in [2.05, 4.69) is 5.43 Å². The molecule has 1 amide bonds. The lowest BCUT2D eigenvalue weighted by atomic mass is 10.1. The number of aliphatic carboxylic acids is 1. The predicted molar refractivity (Wildman–Crippen MR) is 99.4 cm³/mol. The first-order chi connectivity index (χ1) is 12.1. The lowest BCUT2D eigenvalue weighted by Gasteiger charge is -2.37. The zero-order valence-corrected chi connectivity index (χ0v) is 16.5. The molecule has 1 atom stereocenters. The highest BCUT2D eigenvalue weighted by atomic mass is 35.5. The van der Waals surface area contributed by atoms with Crippen LogP contribution in [0.4, 0.5) is 4.79 Å². The first-order valence-electron chi connectivity index (χ1n) is 8.24. The van der Waals surface area contributed by atoms with Gasteiger partial charge >= 0.3 is 12.1 Å². The molecule has 2 rings (SSSR count). The van der Waals surface area contributed by atoms with Gasteiger partial charge in [-0.25, -0.2) is 15.2 Å². The van der Waals surface area contributed by atoms with Crippen LogP contribution in [-0.2, 0) is 9.53 Å². The smallest absolute Gasteiger partial charge is 0.410 e. The fourth-order valence-electron chi connectivity index (χ4n) is 2.53. The third kappa shape index (κ3) is 5.48. The minimum Gasteiger partial charge on any atom is -0.480 e. The molecule has 1 aliphatic rings. The Morgan fingerprint density at radius 1 is 1.19 bits per heavy atom. The van der Waals surface area contributed by atoms with E-state index >= 15 is 0 Å². The topological polar surface area (TPSA) is 82.1 Å². The summed E-state index contributed by atoms with van der Waals surface area (Å²) in [4.78, 5) is 25.4. The Balaban J connectivity index is 1.99. The summed E-state index contributed by atoms with van der Waals surface area (Å²) in [7, 11) is 0. The zero-order chi connectivity index (χ0) is 19.5. The normalized spacial score (nSPS) is 17.0. The molecular formula is C17H23Cl2N3O4. The molecule has 0 bridgehead atoms. The Morgan fingerprint density at radius 2 is 1.81 bits per heavy atom. The highest BCUT2D eigenvalue weighted by Crippen LogP contribution is 2.30. The summed E-state index contributed by atoms with van der Waals surface area (Å²) in [6.07, 6.45) is -0.371. The zero-order valence-electron chi connectivity index (χ0n) is 15.0. The Morgan fingerprint density at radius 3 is 2.35 bits per heavy atom. The Hall–Kier alpha value is -1.54. The quantitative estimate of drug-likeness (QED) is 0.802. The van der Waals surface area contributed by atoms with Gasteiger partial charge in [-0.1, -0.05) is 35.3 Å². The van der Waals surface area contributed by atoms with E-state index in [1.54, 1.807) is 28.1 Å². The molecule has 1 aliphatic heterocycles. The number of carbonyl (C=O) groups is 2. The third-order valence-corrected chi connectivity index (χ3v) is 4.62. The first kappa shape index (κ1) is 20.8. The molecule has 0 aromatic heterocycles. The van der Waals surface area contributed by atoms with E-state index in [1.807, 2.05) is 20.8 Å². The Kier molecular flexibility index (Phi) is 6.74. The average Bonchev–Trinajstić information content (AvgIpc) is 2.54. The number of amides is 1. The fourth-order valence-corrected chi connectivity index (χ4v) is 2.95. The van der Waals surface area contributed by atoms with Crippen molar-refractivity contribution in [2.45, 2.75) is 32.4 Å². The van der Waals surface area contributed by atoms with E-state index in [1.165, 1.54) is 0 Å². The molecule has 1 fully saturated rings. The molecule has 0 spiro atoms. The van der Waals surface area contributed by atoms with Crippen LogP contribution in [0.15, 0.2) is 18.2 Å². The monoisotopic (exact) mass is 403 g/mol. The molecule has 0 aliphatic carbocycles. The highest BCUT2D eigenvalue weighted by Gasteiger charge is 2.29. The van der Waals surface area contributed by atoms with Gasteiger partial charge in [0.2, 0.25) is 0 Å². The molecule has 2 N–H and O–H groups in total. The van der Waals surface area contributed by atoms with Crippen molar-refractivity contribution in [1.82, 2.24) is 15.3 Å². The maximum Gasteiger partial charge on any atom is 0.410 e. The number of hydrogen-bond acceptors (Lipinski definition) is 5. The number of halogens is 2. The molecule has 7 nitrogen and oxygen atoms in total. The molecule has 144 valence electrons. The summed E-state index contributed by atoms with van der Waals surface area (Å²) in [5.41, 5.74) is 2.80. The molecule has 26 heavy (non-hydrogen) atoms. The number of carboxylic acids is 1. The number of ether oxygens (including phenoxy) is 1. The second kappa shape index (κ2) is 8.43. The van der Waals surface area contributed by atoms with Crippen molar-refractivity contribution in [3.63, 3.8) is 0 Å². The number of carboxylic acid groups (broad SMARTS) is 1. The summed E-state index contributed by atoms with van der Waals surface area (Å²) >= 11 is 12.1. The van der Waals surface area contributed by atoms with Crippen molar-refractivity contribution < 1.29 is 19.4 Å². The van der Waals surface area contributed by atoms with E-state index in [9.17, 15) is 14.7 Å². The summed E-state index contributed by atoms with van der Waals surface area (Å²) in [6.45, 7) is 7.22. The SMILES string of the molecule is CC(C)(C)OC(=O)N1CCN(NC(C(=O)O)c2cccc(Cl)c2Cl)CC1. The Bertz CT molecular complexity index is 670.